The molecule has 1 N–H and O–H groups in total. The van der Waals surface area contributed by atoms with E-state index in [9.17, 15) is 5.11 Å². The summed E-state index contributed by atoms with van der Waals surface area (Å²) in [6.07, 6.45) is 2.98. The number of hydrogen-bond acceptors (Lipinski definition) is 2. The Hall–Kier alpha value is -1.18. The Bertz CT molecular complexity index is 331. The van der Waals surface area contributed by atoms with Crippen molar-refractivity contribution in [3.05, 3.63) is 29.4 Å². The minimum absolute atomic E-state index is 0.333. The monoisotopic (exact) mass is 177 g/mol. The van der Waals surface area contributed by atoms with Crippen LogP contribution in [-0.4, -0.2) is 5.11 Å². The highest BCUT2D eigenvalue weighted by Gasteiger charge is 2.19. The zero-order chi connectivity index (χ0) is 9.42. The molecule has 1 aromatic carbocycles. The van der Waals surface area contributed by atoms with Crippen LogP contribution in [-0.2, 0) is 6.42 Å². The van der Waals surface area contributed by atoms with Gasteiger partial charge >= 0.3 is 0 Å². The summed E-state index contributed by atoms with van der Waals surface area (Å²) in [5.74, 6) is 1.26. The molecule has 0 fully saturated rings. The molecule has 1 aromatic rings. The number of hydrogen-bond donors (Lipinski definition) is 1. The minimum atomic E-state index is 0.333. The van der Waals surface area contributed by atoms with Crippen molar-refractivity contribution < 1.29 is 9.84 Å². The molecule has 0 saturated heterocycles. The first-order valence-corrected chi connectivity index (χ1v) is 4.49. The summed E-state index contributed by atoms with van der Waals surface area (Å²) in [5.41, 5.74) is 2.12. The molecule has 13 heavy (non-hydrogen) atoms. The fraction of sp³-hybridized carbons (Fsp3) is 0.364. The predicted octanol–water partition coefficient (Wildman–Crippen LogP) is 2.58. The summed E-state index contributed by atoms with van der Waals surface area (Å²) >= 11 is 0. The Kier molecular flexibility index (Phi) is 1.91. The lowest BCUT2D eigenvalue weighted by molar-refractivity contribution is 0.292. The van der Waals surface area contributed by atoms with E-state index in [0.29, 0.717) is 5.75 Å². The SMILES string of the molecule is C[C]1CCc2cc(O)cc(C)c2O1. The third-order valence-electron chi connectivity index (χ3n) is 2.36. The summed E-state index contributed by atoms with van der Waals surface area (Å²) < 4.78 is 5.62. The molecule has 0 saturated carbocycles. The van der Waals surface area contributed by atoms with Crippen LogP contribution < -0.4 is 4.74 Å². The number of benzene rings is 1. The second-order valence-corrected chi connectivity index (χ2v) is 3.55. The Morgan fingerprint density at radius 1 is 1.23 bits per heavy atom. The second kappa shape index (κ2) is 2.95. The molecule has 1 heterocycles. The van der Waals surface area contributed by atoms with Gasteiger partial charge in [-0.25, -0.2) is 0 Å². The van der Waals surface area contributed by atoms with E-state index in [4.69, 9.17) is 4.74 Å². The van der Waals surface area contributed by atoms with Gasteiger partial charge in [-0.05, 0) is 49.9 Å². The molecule has 1 aliphatic heterocycles. The van der Waals surface area contributed by atoms with Gasteiger partial charge in [-0.15, -0.1) is 0 Å². The predicted molar refractivity (Wildman–Crippen MR) is 50.7 cm³/mol. The van der Waals surface area contributed by atoms with E-state index in [2.05, 4.69) is 0 Å². The van der Waals surface area contributed by atoms with Crippen LogP contribution in [0.4, 0.5) is 0 Å². The number of phenolic OH excluding ortho intramolecular Hbond substituents is 1. The Morgan fingerprint density at radius 3 is 2.77 bits per heavy atom. The molecule has 1 radical (unpaired) electrons. The van der Waals surface area contributed by atoms with Crippen molar-refractivity contribution in [1.29, 1.82) is 0 Å². The molecular weight excluding hydrogens is 164 g/mol. The molecule has 0 aromatic heterocycles. The summed E-state index contributed by atoms with van der Waals surface area (Å²) in [6, 6.07) is 3.52. The van der Waals surface area contributed by atoms with Gasteiger partial charge in [-0.1, -0.05) is 0 Å². The molecule has 2 heteroatoms. The number of ether oxygens (including phenoxy) is 1. The van der Waals surface area contributed by atoms with Crippen molar-refractivity contribution in [2.45, 2.75) is 26.7 Å². The van der Waals surface area contributed by atoms with Gasteiger partial charge in [0.2, 0.25) is 0 Å². The Morgan fingerprint density at radius 2 is 2.00 bits per heavy atom. The van der Waals surface area contributed by atoms with E-state index in [0.717, 1.165) is 35.8 Å². The first-order chi connectivity index (χ1) is 6.16. The summed E-state index contributed by atoms with van der Waals surface area (Å²) in [5, 5.41) is 9.37. The number of fused-ring (bicyclic) bond motifs is 1. The maximum atomic E-state index is 9.37. The Balaban J connectivity index is 2.47. The van der Waals surface area contributed by atoms with Crippen LogP contribution in [0.3, 0.4) is 0 Å². The van der Waals surface area contributed by atoms with E-state index >= 15 is 0 Å². The molecule has 1 aliphatic rings. The van der Waals surface area contributed by atoms with Gasteiger partial charge in [-0.2, -0.15) is 0 Å². The van der Waals surface area contributed by atoms with Gasteiger partial charge < -0.3 is 9.84 Å². The third kappa shape index (κ3) is 1.48. The minimum Gasteiger partial charge on any atom is -0.508 e. The highest BCUT2D eigenvalue weighted by Crippen LogP contribution is 2.35. The molecule has 2 rings (SSSR count). The zero-order valence-electron chi connectivity index (χ0n) is 7.92. The van der Waals surface area contributed by atoms with Crippen LogP contribution in [0.25, 0.3) is 0 Å². The summed E-state index contributed by atoms with van der Waals surface area (Å²) in [4.78, 5) is 0. The topological polar surface area (TPSA) is 29.5 Å². The van der Waals surface area contributed by atoms with Crippen LogP contribution in [0.5, 0.6) is 11.5 Å². The number of aryl methyl sites for hydroxylation is 2. The largest absolute Gasteiger partial charge is 0.508 e. The van der Waals surface area contributed by atoms with Crippen molar-refractivity contribution in [2.24, 2.45) is 0 Å². The zero-order valence-corrected chi connectivity index (χ0v) is 7.92. The van der Waals surface area contributed by atoms with Gasteiger partial charge in [0, 0.05) is 0 Å². The molecule has 0 unspecified atom stereocenters. The van der Waals surface area contributed by atoms with Gasteiger partial charge in [-0.3, -0.25) is 0 Å². The highest BCUT2D eigenvalue weighted by atomic mass is 16.5. The molecule has 69 valence electrons. The van der Waals surface area contributed by atoms with Gasteiger partial charge in [0.1, 0.15) is 17.6 Å². The average molecular weight is 177 g/mol. The van der Waals surface area contributed by atoms with Crippen molar-refractivity contribution in [1.82, 2.24) is 0 Å². The van der Waals surface area contributed by atoms with Crippen LogP contribution in [0.15, 0.2) is 12.1 Å². The lowest BCUT2D eigenvalue weighted by atomic mass is 10.00. The van der Waals surface area contributed by atoms with Crippen LogP contribution >= 0.6 is 0 Å². The number of aromatic hydroxyl groups is 1. The van der Waals surface area contributed by atoms with E-state index in [1.165, 1.54) is 0 Å². The summed E-state index contributed by atoms with van der Waals surface area (Å²) in [7, 11) is 0. The molecule has 0 amide bonds. The fourth-order valence-corrected chi connectivity index (χ4v) is 1.69. The molecule has 0 aliphatic carbocycles. The van der Waals surface area contributed by atoms with Gasteiger partial charge in [0.15, 0.2) is 0 Å². The van der Waals surface area contributed by atoms with E-state index in [-0.39, 0.29) is 0 Å². The van der Waals surface area contributed by atoms with Crippen molar-refractivity contribution in [2.75, 3.05) is 0 Å². The highest BCUT2D eigenvalue weighted by molar-refractivity contribution is 5.47. The standard InChI is InChI=1S/C11H13O2/c1-7-5-10(12)6-9-4-3-8(2)13-11(7)9/h5-6,12H,3-4H2,1-2H3. The average Bonchev–Trinajstić information content (AvgIpc) is 2.06. The molecular formula is C11H13O2. The first kappa shape index (κ1) is 8.42. The molecule has 2 nitrogen and oxygen atoms in total. The molecule has 0 bridgehead atoms. The normalized spacial score (nSPS) is 16.5. The van der Waals surface area contributed by atoms with Crippen molar-refractivity contribution >= 4 is 0 Å². The maximum Gasteiger partial charge on any atom is 0.146 e. The van der Waals surface area contributed by atoms with E-state index in [1.807, 2.05) is 13.8 Å². The molecule has 0 atom stereocenters. The smallest absolute Gasteiger partial charge is 0.146 e. The fourth-order valence-electron chi connectivity index (χ4n) is 1.69. The van der Waals surface area contributed by atoms with Crippen LogP contribution in [0, 0.1) is 13.0 Å². The van der Waals surface area contributed by atoms with Crippen LogP contribution in [0.2, 0.25) is 0 Å². The lowest BCUT2D eigenvalue weighted by Gasteiger charge is -2.23. The van der Waals surface area contributed by atoms with Crippen molar-refractivity contribution in [3.8, 4) is 11.5 Å². The van der Waals surface area contributed by atoms with E-state index < -0.39 is 0 Å². The lowest BCUT2D eigenvalue weighted by Crippen LogP contribution is -2.12. The second-order valence-electron chi connectivity index (χ2n) is 3.55. The van der Waals surface area contributed by atoms with Crippen molar-refractivity contribution in [3.63, 3.8) is 0 Å². The number of rotatable bonds is 0. The summed E-state index contributed by atoms with van der Waals surface area (Å²) in [6.45, 7) is 3.95. The van der Waals surface area contributed by atoms with E-state index in [1.54, 1.807) is 12.1 Å². The Labute approximate surface area is 78.2 Å². The van der Waals surface area contributed by atoms with Crippen LogP contribution in [0.1, 0.15) is 24.5 Å². The number of phenols is 1. The molecule has 0 spiro atoms. The first-order valence-electron chi connectivity index (χ1n) is 4.49. The van der Waals surface area contributed by atoms with Gasteiger partial charge in [0.05, 0.1) is 0 Å². The quantitative estimate of drug-likeness (QED) is 0.660. The third-order valence-corrected chi connectivity index (χ3v) is 2.36. The van der Waals surface area contributed by atoms with Gasteiger partial charge in [0.25, 0.3) is 0 Å². The maximum absolute atomic E-state index is 9.37.